The first-order valence-corrected chi connectivity index (χ1v) is 15.6. The second-order valence-corrected chi connectivity index (χ2v) is 15.0. The summed E-state index contributed by atoms with van der Waals surface area (Å²) in [5.41, 5.74) is 1.35. The topological polar surface area (TPSA) is 79.2 Å². The van der Waals surface area contributed by atoms with Crippen LogP contribution in [-0.4, -0.2) is 45.2 Å². The van der Waals surface area contributed by atoms with E-state index in [0.29, 0.717) is 47.8 Å². The predicted molar refractivity (Wildman–Crippen MR) is 159 cm³/mol. The maximum absolute atomic E-state index is 11.2. The van der Waals surface area contributed by atoms with Crippen LogP contribution in [0.25, 0.3) is 0 Å². The minimum Gasteiger partial charge on any atom is -0.400 e. The van der Waals surface area contributed by atoms with Crippen molar-refractivity contribution in [2.75, 3.05) is 7.11 Å². The van der Waals surface area contributed by atoms with Gasteiger partial charge in [-0.2, -0.15) is 0 Å². The van der Waals surface area contributed by atoms with Gasteiger partial charge in [0.05, 0.1) is 11.2 Å². The first kappa shape index (κ1) is 33.0. The number of aliphatic hydroxyl groups is 3. The van der Waals surface area contributed by atoms with E-state index < -0.39 is 11.6 Å². The molecule has 0 amide bonds. The summed E-state index contributed by atoms with van der Waals surface area (Å²) in [6.45, 7) is 22.4. The monoisotopic (exact) mass is 550 g/mol. The van der Waals surface area contributed by atoms with E-state index in [0.717, 1.165) is 32.8 Å². The van der Waals surface area contributed by atoms with Crippen LogP contribution in [0.1, 0.15) is 121 Å². The second kappa shape index (κ2) is 11.0. The van der Waals surface area contributed by atoms with Crippen LogP contribution in [0.15, 0.2) is 12.2 Å². The highest BCUT2D eigenvalue weighted by Gasteiger charge is 2.71. The van der Waals surface area contributed by atoms with Crippen molar-refractivity contribution >= 4 is 0 Å². The molecule has 39 heavy (non-hydrogen) atoms. The molecule has 6 rings (SSSR count). The SMILES string of the molecule is C.C=C1CC2(O)OC3(CC2C(C)C)C(C)CCC13.CCC1(C)CC2(O)OC3(CC2C(C)C)C(C)CCC13.CO. The summed E-state index contributed by atoms with van der Waals surface area (Å²) in [7, 11) is 1.00. The molecule has 6 aliphatic rings. The Morgan fingerprint density at radius 2 is 1.33 bits per heavy atom. The zero-order valence-electron chi connectivity index (χ0n) is 25.8. The van der Waals surface area contributed by atoms with Gasteiger partial charge < -0.3 is 24.8 Å². The first-order chi connectivity index (χ1) is 17.7. The lowest BCUT2D eigenvalue weighted by Crippen LogP contribution is -2.55. The molecule has 4 saturated heterocycles. The number of rotatable bonds is 3. The summed E-state index contributed by atoms with van der Waals surface area (Å²) < 4.78 is 12.7. The van der Waals surface area contributed by atoms with Gasteiger partial charge in [0.2, 0.25) is 0 Å². The highest BCUT2D eigenvalue weighted by molar-refractivity contribution is 5.24. The maximum Gasteiger partial charge on any atom is 0.173 e. The van der Waals surface area contributed by atoms with E-state index in [1.165, 1.54) is 31.3 Å². The van der Waals surface area contributed by atoms with Gasteiger partial charge in [0.25, 0.3) is 0 Å². The standard InChI is InChI=1S/C17H30O2.C15H24O2.CH4O.CH4/c1-6-15(5)10-17(18)13(11(2)3)9-16(19-17)12(4)7-8-14(15)16;1-9(2)13-8-14-11(4)5-6-12(14)10(3)7-15(13,16)17-14;1-2;/h11-14,18H,6-10H2,1-5H3;9,11-13,16H,3,5-8H2,1-2,4H3;2H,1H3;1H4. The van der Waals surface area contributed by atoms with Gasteiger partial charge in [-0.15, -0.1) is 0 Å². The molecule has 3 N–H and O–H groups in total. The number of hydrogen-bond acceptors (Lipinski definition) is 5. The van der Waals surface area contributed by atoms with E-state index in [1.807, 2.05) is 0 Å². The molecular weight excluding hydrogens is 488 g/mol. The van der Waals surface area contributed by atoms with Crippen molar-refractivity contribution in [3.8, 4) is 0 Å². The fourth-order valence-electron chi connectivity index (χ4n) is 10.3. The Balaban J connectivity index is 0.000000199. The molecule has 2 aliphatic carbocycles. The molecule has 0 aromatic heterocycles. The summed E-state index contributed by atoms with van der Waals surface area (Å²) in [4.78, 5) is 0. The van der Waals surface area contributed by atoms with Crippen molar-refractivity contribution in [1.29, 1.82) is 0 Å². The van der Waals surface area contributed by atoms with Crippen molar-refractivity contribution < 1.29 is 24.8 Å². The lowest BCUT2D eigenvalue weighted by atomic mass is 9.64. The Kier molecular flexibility index (Phi) is 9.31. The molecule has 0 aromatic carbocycles. The van der Waals surface area contributed by atoms with Gasteiger partial charge >= 0.3 is 0 Å². The zero-order chi connectivity index (χ0) is 28.5. The Morgan fingerprint density at radius 3 is 1.90 bits per heavy atom. The number of hydrogen-bond donors (Lipinski definition) is 3. The van der Waals surface area contributed by atoms with E-state index in [9.17, 15) is 10.2 Å². The van der Waals surface area contributed by atoms with Crippen LogP contribution in [0, 0.1) is 52.8 Å². The molecule has 6 fully saturated rings. The average Bonchev–Trinajstić information content (AvgIpc) is 3.51. The molecular formula is C34H62O5. The third kappa shape index (κ3) is 4.79. The molecule has 5 nitrogen and oxygen atoms in total. The van der Waals surface area contributed by atoms with Crippen molar-refractivity contribution in [3.63, 3.8) is 0 Å². The number of ether oxygens (including phenoxy) is 2. The van der Waals surface area contributed by atoms with Gasteiger partial charge in [0.1, 0.15) is 0 Å². The van der Waals surface area contributed by atoms with Gasteiger partial charge in [0, 0.05) is 37.7 Å². The molecule has 2 spiro atoms. The van der Waals surface area contributed by atoms with Crippen molar-refractivity contribution in [2.24, 2.45) is 52.8 Å². The minimum atomic E-state index is -0.930. The van der Waals surface area contributed by atoms with Crippen molar-refractivity contribution in [1.82, 2.24) is 0 Å². The third-order valence-corrected chi connectivity index (χ3v) is 12.5. The summed E-state index contributed by atoms with van der Waals surface area (Å²) >= 11 is 0. The molecule has 0 radical (unpaired) electrons. The van der Waals surface area contributed by atoms with Crippen LogP contribution in [0.3, 0.4) is 0 Å². The predicted octanol–water partition coefficient (Wildman–Crippen LogP) is 7.33. The fraction of sp³-hybridized carbons (Fsp3) is 0.941. The van der Waals surface area contributed by atoms with Crippen molar-refractivity contribution in [2.45, 2.75) is 143 Å². The minimum absolute atomic E-state index is 0. The molecule has 11 unspecified atom stereocenters. The summed E-state index contributed by atoms with van der Waals surface area (Å²) in [6, 6.07) is 0. The molecule has 0 aromatic rings. The van der Waals surface area contributed by atoms with Crippen LogP contribution in [-0.2, 0) is 9.47 Å². The van der Waals surface area contributed by atoms with E-state index in [2.05, 4.69) is 62.0 Å². The van der Waals surface area contributed by atoms with Gasteiger partial charge in [-0.05, 0) is 73.5 Å². The van der Waals surface area contributed by atoms with E-state index in [4.69, 9.17) is 14.6 Å². The molecule has 11 atom stereocenters. The Labute approximate surface area is 240 Å². The quantitative estimate of drug-likeness (QED) is 0.321. The first-order valence-electron chi connectivity index (χ1n) is 15.6. The van der Waals surface area contributed by atoms with E-state index >= 15 is 0 Å². The maximum atomic E-state index is 11.2. The van der Waals surface area contributed by atoms with E-state index in [-0.39, 0.29) is 30.0 Å². The van der Waals surface area contributed by atoms with Gasteiger partial charge in [-0.25, -0.2) is 0 Å². The van der Waals surface area contributed by atoms with Crippen LogP contribution >= 0.6 is 0 Å². The van der Waals surface area contributed by atoms with Gasteiger partial charge in [-0.3, -0.25) is 0 Å². The lowest BCUT2D eigenvalue weighted by molar-refractivity contribution is -0.311. The number of fused-ring (bicyclic) bond motifs is 2. The molecule has 4 heterocycles. The average molecular weight is 551 g/mol. The zero-order valence-corrected chi connectivity index (χ0v) is 25.8. The molecule has 228 valence electrons. The van der Waals surface area contributed by atoms with Crippen LogP contribution in [0.5, 0.6) is 0 Å². The van der Waals surface area contributed by atoms with Crippen LogP contribution < -0.4 is 0 Å². The third-order valence-electron chi connectivity index (χ3n) is 12.5. The molecule has 4 aliphatic heterocycles. The van der Waals surface area contributed by atoms with Crippen LogP contribution in [0.2, 0.25) is 0 Å². The lowest BCUT2D eigenvalue weighted by Gasteiger charge is -2.52. The van der Waals surface area contributed by atoms with Crippen molar-refractivity contribution in [3.05, 3.63) is 12.2 Å². The summed E-state index contributed by atoms with van der Waals surface area (Å²) in [5.74, 6) is 2.03. The number of aliphatic hydroxyl groups excluding tert-OH is 1. The van der Waals surface area contributed by atoms with E-state index in [1.54, 1.807) is 0 Å². The fourth-order valence-corrected chi connectivity index (χ4v) is 10.3. The van der Waals surface area contributed by atoms with Gasteiger partial charge in [-0.1, -0.05) is 81.4 Å². The Bertz CT molecular complexity index is 883. The highest BCUT2D eigenvalue weighted by Crippen LogP contribution is 2.68. The Hall–Kier alpha value is -0.460. The van der Waals surface area contributed by atoms with Crippen LogP contribution in [0.4, 0.5) is 0 Å². The van der Waals surface area contributed by atoms with Gasteiger partial charge in [0.15, 0.2) is 11.6 Å². The molecule has 2 saturated carbocycles. The summed E-state index contributed by atoms with van der Waals surface area (Å²) in [6.07, 6.45) is 9.68. The second-order valence-electron chi connectivity index (χ2n) is 15.0. The Morgan fingerprint density at radius 1 is 0.846 bits per heavy atom. The normalized spacial score (nSPS) is 51.0. The largest absolute Gasteiger partial charge is 0.400 e. The smallest absolute Gasteiger partial charge is 0.173 e. The molecule has 4 bridgehead atoms. The summed E-state index contributed by atoms with van der Waals surface area (Å²) in [5, 5.41) is 29.0. The highest BCUT2D eigenvalue weighted by atomic mass is 16.7. The molecule has 5 heteroatoms.